The van der Waals surface area contributed by atoms with Gasteiger partial charge in [0.15, 0.2) is 0 Å². The van der Waals surface area contributed by atoms with Crippen molar-refractivity contribution in [2.24, 2.45) is 0 Å². The largest absolute Gasteiger partial charge is 0.490 e. The molecule has 0 atom stereocenters. The number of imide groups is 2. The summed E-state index contributed by atoms with van der Waals surface area (Å²) in [6, 6.07) is 9.41. The number of hydrogen-bond acceptors (Lipinski definition) is 6. The Bertz CT molecular complexity index is 1090. The number of urea groups is 1. The lowest BCUT2D eigenvalue weighted by atomic mass is 10.1. The number of carbonyl (C=O) groups excluding carboxylic acids is 4. The third-order valence-electron chi connectivity index (χ3n) is 5.16. The first kappa shape index (κ1) is 21.5. The zero-order chi connectivity index (χ0) is 22.7. The number of carbonyl (C=O) groups is 4. The number of benzene rings is 1. The molecule has 10 heteroatoms. The Kier molecular flexibility index (Phi) is 6.18. The molecule has 2 saturated heterocycles. The quantitative estimate of drug-likeness (QED) is 0.415. The highest BCUT2D eigenvalue weighted by atomic mass is 35.5. The van der Waals surface area contributed by atoms with E-state index in [-0.39, 0.29) is 22.7 Å². The van der Waals surface area contributed by atoms with Crippen LogP contribution in [0.4, 0.5) is 4.79 Å². The Labute approximate surface area is 188 Å². The monoisotopic (exact) mass is 454 g/mol. The summed E-state index contributed by atoms with van der Waals surface area (Å²) in [5.41, 5.74) is 0.854. The number of pyridine rings is 1. The number of barbiturate groups is 1. The zero-order valence-electron chi connectivity index (χ0n) is 16.8. The van der Waals surface area contributed by atoms with Crippen LogP contribution in [0.25, 0.3) is 6.08 Å². The normalized spacial score (nSPS) is 17.0. The molecule has 0 spiro atoms. The summed E-state index contributed by atoms with van der Waals surface area (Å²) in [5, 5.41) is 4.25. The van der Waals surface area contributed by atoms with Gasteiger partial charge in [0.05, 0.1) is 5.56 Å². The Balaban J connectivity index is 1.33. The first-order valence-electron chi connectivity index (χ1n) is 9.95. The topological polar surface area (TPSA) is 118 Å². The van der Waals surface area contributed by atoms with Crippen molar-refractivity contribution in [1.82, 2.24) is 20.5 Å². The van der Waals surface area contributed by atoms with Gasteiger partial charge in [-0.15, -0.1) is 0 Å². The number of rotatable bonds is 4. The van der Waals surface area contributed by atoms with Gasteiger partial charge in [-0.3, -0.25) is 25.0 Å². The Hall–Kier alpha value is -3.72. The number of ether oxygens (including phenoxy) is 1. The van der Waals surface area contributed by atoms with E-state index in [1.54, 1.807) is 47.5 Å². The highest BCUT2D eigenvalue weighted by molar-refractivity contribution is 6.32. The van der Waals surface area contributed by atoms with Crippen LogP contribution in [-0.4, -0.2) is 52.8 Å². The molecule has 3 heterocycles. The van der Waals surface area contributed by atoms with Gasteiger partial charge in [-0.05, 0) is 35.9 Å². The summed E-state index contributed by atoms with van der Waals surface area (Å²) >= 11 is 6.02. The van der Waals surface area contributed by atoms with E-state index in [0.29, 0.717) is 42.8 Å². The van der Waals surface area contributed by atoms with Crippen LogP contribution in [0.15, 0.2) is 48.2 Å². The van der Waals surface area contributed by atoms with E-state index in [2.05, 4.69) is 4.98 Å². The second-order valence-electron chi connectivity index (χ2n) is 7.32. The van der Waals surface area contributed by atoms with Crippen molar-refractivity contribution in [1.29, 1.82) is 0 Å². The number of nitrogens with one attached hydrogen (secondary N) is 2. The van der Waals surface area contributed by atoms with Gasteiger partial charge in [-0.1, -0.05) is 23.7 Å². The highest BCUT2D eigenvalue weighted by Crippen LogP contribution is 2.23. The molecule has 0 radical (unpaired) electrons. The molecule has 9 nitrogen and oxygen atoms in total. The molecule has 2 fully saturated rings. The number of likely N-dealkylation sites (tertiary alicyclic amines) is 1. The second-order valence-corrected chi connectivity index (χ2v) is 7.67. The van der Waals surface area contributed by atoms with E-state index in [0.717, 1.165) is 0 Å². The van der Waals surface area contributed by atoms with Crippen LogP contribution in [0, 0.1) is 0 Å². The fraction of sp³-hybridized carbons (Fsp3) is 0.227. The molecule has 0 bridgehead atoms. The van der Waals surface area contributed by atoms with E-state index >= 15 is 0 Å². The first-order valence-corrected chi connectivity index (χ1v) is 10.3. The van der Waals surface area contributed by atoms with E-state index in [4.69, 9.17) is 16.3 Å². The van der Waals surface area contributed by atoms with Gasteiger partial charge in [0.25, 0.3) is 17.7 Å². The summed E-state index contributed by atoms with van der Waals surface area (Å²) in [6.07, 6.45) is 4.23. The van der Waals surface area contributed by atoms with Crippen molar-refractivity contribution in [3.05, 3.63) is 64.4 Å². The molecule has 2 aliphatic heterocycles. The number of halogens is 1. The molecule has 2 aromatic rings. The van der Waals surface area contributed by atoms with E-state index in [1.807, 2.05) is 10.6 Å². The number of amides is 5. The van der Waals surface area contributed by atoms with Crippen molar-refractivity contribution in [3.63, 3.8) is 0 Å². The lowest BCUT2D eigenvalue weighted by molar-refractivity contribution is -0.123. The number of hydrogen-bond donors (Lipinski definition) is 2. The molecular formula is C22H19ClN4O5. The second kappa shape index (κ2) is 9.19. The minimum absolute atomic E-state index is 0.0477. The van der Waals surface area contributed by atoms with Crippen molar-refractivity contribution < 1.29 is 23.9 Å². The summed E-state index contributed by atoms with van der Waals surface area (Å²) in [6.45, 7) is 1.09. The molecule has 164 valence electrons. The maximum absolute atomic E-state index is 12.6. The molecule has 1 aromatic carbocycles. The summed E-state index contributed by atoms with van der Waals surface area (Å²) in [4.78, 5) is 53.1. The van der Waals surface area contributed by atoms with E-state index in [9.17, 15) is 19.2 Å². The number of aromatic nitrogens is 1. The van der Waals surface area contributed by atoms with Gasteiger partial charge in [-0.25, -0.2) is 9.78 Å². The lowest BCUT2D eigenvalue weighted by Gasteiger charge is -2.32. The van der Waals surface area contributed by atoms with Crippen molar-refractivity contribution in [3.8, 4) is 5.75 Å². The third kappa shape index (κ3) is 4.78. The average molecular weight is 455 g/mol. The molecule has 2 aliphatic rings. The summed E-state index contributed by atoms with van der Waals surface area (Å²) in [5.74, 6) is -0.989. The fourth-order valence-electron chi connectivity index (χ4n) is 3.50. The zero-order valence-corrected chi connectivity index (χ0v) is 17.6. The minimum atomic E-state index is -0.836. The Morgan fingerprint density at radius 1 is 1.06 bits per heavy atom. The molecule has 0 aliphatic carbocycles. The van der Waals surface area contributed by atoms with Gasteiger partial charge in [0.1, 0.15) is 22.6 Å². The van der Waals surface area contributed by atoms with Crippen LogP contribution < -0.4 is 15.4 Å². The van der Waals surface area contributed by atoms with Crippen LogP contribution in [-0.2, 0) is 9.59 Å². The van der Waals surface area contributed by atoms with Crippen LogP contribution in [0.5, 0.6) is 5.75 Å². The minimum Gasteiger partial charge on any atom is -0.490 e. The van der Waals surface area contributed by atoms with Crippen LogP contribution >= 0.6 is 11.6 Å². The Morgan fingerprint density at radius 2 is 1.72 bits per heavy atom. The maximum atomic E-state index is 12.6. The van der Waals surface area contributed by atoms with Gasteiger partial charge in [0, 0.05) is 32.1 Å². The predicted molar refractivity (Wildman–Crippen MR) is 115 cm³/mol. The molecule has 0 saturated carbocycles. The van der Waals surface area contributed by atoms with E-state index in [1.165, 1.54) is 6.08 Å². The first-order chi connectivity index (χ1) is 15.4. The van der Waals surface area contributed by atoms with E-state index < -0.39 is 17.8 Å². The van der Waals surface area contributed by atoms with Gasteiger partial charge < -0.3 is 9.64 Å². The standard InChI is InChI=1S/C22H19ClN4O5/c23-18-16(2-1-9-24-18)21(30)27-10-7-15(8-11-27)32-14-5-3-13(4-6-14)12-17-19(28)25-22(31)26-20(17)29/h1-6,9,12,15H,7-8,10-11H2,(H2,25,26,28,29,31). The summed E-state index contributed by atoms with van der Waals surface area (Å²) in [7, 11) is 0. The Morgan fingerprint density at radius 3 is 2.34 bits per heavy atom. The predicted octanol–water partition coefficient (Wildman–Crippen LogP) is 2.17. The molecule has 5 amide bonds. The molecule has 1 aromatic heterocycles. The average Bonchev–Trinajstić information content (AvgIpc) is 2.78. The van der Waals surface area contributed by atoms with Crippen molar-refractivity contribution in [2.45, 2.75) is 18.9 Å². The SMILES string of the molecule is O=C1NC(=O)C(=Cc2ccc(OC3CCN(C(=O)c4cccnc4Cl)CC3)cc2)C(=O)N1. The smallest absolute Gasteiger partial charge is 0.328 e. The third-order valence-corrected chi connectivity index (χ3v) is 5.46. The molecular weight excluding hydrogens is 436 g/mol. The van der Waals surface area contributed by atoms with Gasteiger partial charge in [0.2, 0.25) is 0 Å². The molecule has 2 N–H and O–H groups in total. The van der Waals surface area contributed by atoms with Crippen molar-refractivity contribution in [2.75, 3.05) is 13.1 Å². The van der Waals surface area contributed by atoms with Crippen LogP contribution in [0.2, 0.25) is 5.15 Å². The highest BCUT2D eigenvalue weighted by Gasteiger charge is 2.28. The van der Waals surface area contributed by atoms with Gasteiger partial charge in [-0.2, -0.15) is 0 Å². The maximum Gasteiger partial charge on any atom is 0.328 e. The molecule has 32 heavy (non-hydrogen) atoms. The van der Waals surface area contributed by atoms with Crippen LogP contribution in [0.1, 0.15) is 28.8 Å². The molecule has 0 unspecified atom stereocenters. The van der Waals surface area contributed by atoms with Crippen LogP contribution in [0.3, 0.4) is 0 Å². The molecule has 4 rings (SSSR count). The van der Waals surface area contributed by atoms with Gasteiger partial charge >= 0.3 is 6.03 Å². The number of nitrogens with zero attached hydrogens (tertiary/aromatic N) is 2. The lowest BCUT2D eigenvalue weighted by Crippen LogP contribution is -2.51. The fourth-order valence-corrected chi connectivity index (χ4v) is 3.70. The van der Waals surface area contributed by atoms with Crippen molar-refractivity contribution >= 4 is 41.4 Å². The number of piperidine rings is 1. The summed E-state index contributed by atoms with van der Waals surface area (Å²) < 4.78 is 6.01.